The summed E-state index contributed by atoms with van der Waals surface area (Å²) in [4.78, 5) is 28.9. The zero-order valence-electron chi connectivity index (χ0n) is 20.8. The molecule has 3 aromatic carbocycles. The molecule has 0 spiro atoms. The Hall–Kier alpha value is -4.17. The van der Waals surface area contributed by atoms with E-state index in [0.29, 0.717) is 5.13 Å². The number of hydrogen-bond acceptors (Lipinski definition) is 6. The van der Waals surface area contributed by atoms with Crippen LogP contribution in [-0.2, 0) is 15.1 Å². The van der Waals surface area contributed by atoms with E-state index in [4.69, 9.17) is 4.74 Å². The lowest BCUT2D eigenvalue weighted by Crippen LogP contribution is -2.39. The number of carbonyl (C=O) groups excluding carboxylic acids is 1. The molecule has 3 N–H and O–H groups in total. The van der Waals surface area contributed by atoms with Crippen LogP contribution in [0.3, 0.4) is 0 Å². The van der Waals surface area contributed by atoms with Gasteiger partial charge in [0.2, 0.25) is 0 Å². The van der Waals surface area contributed by atoms with Gasteiger partial charge < -0.3 is 20.5 Å². The second kappa shape index (κ2) is 10.8. The number of benzene rings is 3. The number of anilines is 1. The Balaban J connectivity index is 1.76. The van der Waals surface area contributed by atoms with Crippen molar-refractivity contribution in [2.24, 2.45) is 0 Å². The molecular weight excluding hydrogens is 486 g/mol. The molecule has 1 amide bonds. The molecule has 0 bridgehead atoms. The number of alkyl carbamates (subject to hydrolysis) is 1. The molecule has 8 heteroatoms. The van der Waals surface area contributed by atoms with Gasteiger partial charge >= 0.3 is 12.1 Å². The number of aromatic nitrogens is 1. The number of aliphatic carboxylic acids is 1. The van der Waals surface area contributed by atoms with Gasteiger partial charge in [-0.1, -0.05) is 91.0 Å². The molecule has 0 fully saturated rings. The largest absolute Gasteiger partial charge is 0.479 e. The van der Waals surface area contributed by atoms with Gasteiger partial charge in [-0.2, -0.15) is 0 Å². The van der Waals surface area contributed by atoms with Crippen LogP contribution in [0, 0.1) is 0 Å². The van der Waals surface area contributed by atoms with E-state index in [1.165, 1.54) is 11.3 Å². The number of carboxylic acid groups (broad SMARTS) is 1. The topological polar surface area (TPSA) is 101 Å². The van der Waals surface area contributed by atoms with E-state index in [2.05, 4.69) is 15.6 Å². The van der Waals surface area contributed by atoms with Crippen molar-refractivity contribution in [3.63, 3.8) is 0 Å². The molecule has 1 heterocycles. The number of carbonyl (C=O) groups is 2. The summed E-state index contributed by atoms with van der Waals surface area (Å²) in [5.41, 5.74) is 1.61. The van der Waals surface area contributed by atoms with Gasteiger partial charge in [0.25, 0.3) is 0 Å². The van der Waals surface area contributed by atoms with Crippen molar-refractivity contribution in [1.82, 2.24) is 10.3 Å². The van der Waals surface area contributed by atoms with E-state index in [1.54, 1.807) is 26.2 Å². The number of hydrogen-bond donors (Lipinski definition) is 3. The number of nitrogens with one attached hydrogen (secondary N) is 2. The molecule has 0 aliphatic heterocycles. The van der Waals surface area contributed by atoms with E-state index in [-0.39, 0.29) is 5.69 Å². The Kier molecular flexibility index (Phi) is 7.59. The lowest BCUT2D eigenvalue weighted by atomic mass is 9.77. The normalized spacial score (nSPS) is 12.4. The highest BCUT2D eigenvalue weighted by atomic mass is 32.1. The molecule has 4 aromatic rings. The number of thiazole rings is 1. The molecule has 37 heavy (non-hydrogen) atoms. The molecule has 0 unspecified atom stereocenters. The Morgan fingerprint density at radius 2 is 1.30 bits per heavy atom. The fourth-order valence-electron chi connectivity index (χ4n) is 4.11. The zero-order chi connectivity index (χ0) is 26.5. The zero-order valence-corrected chi connectivity index (χ0v) is 21.7. The molecule has 7 nitrogen and oxygen atoms in total. The van der Waals surface area contributed by atoms with E-state index in [0.717, 1.165) is 16.7 Å². The van der Waals surface area contributed by atoms with Gasteiger partial charge in [0.05, 0.1) is 5.69 Å². The van der Waals surface area contributed by atoms with Crippen molar-refractivity contribution in [2.45, 2.75) is 38.0 Å². The van der Waals surface area contributed by atoms with Crippen LogP contribution in [0.1, 0.15) is 49.2 Å². The van der Waals surface area contributed by atoms with Crippen molar-refractivity contribution in [2.75, 3.05) is 5.32 Å². The predicted octanol–water partition coefficient (Wildman–Crippen LogP) is 6.20. The minimum atomic E-state index is -1.36. The monoisotopic (exact) mass is 515 g/mol. The molecule has 0 radical (unpaired) electrons. The Morgan fingerprint density at radius 1 is 0.838 bits per heavy atom. The van der Waals surface area contributed by atoms with Gasteiger partial charge in [-0.3, -0.25) is 0 Å². The Labute approximate surface area is 220 Å². The van der Waals surface area contributed by atoms with E-state index in [9.17, 15) is 14.7 Å². The van der Waals surface area contributed by atoms with Crippen LogP contribution in [0.25, 0.3) is 0 Å². The van der Waals surface area contributed by atoms with Gasteiger partial charge in [0.1, 0.15) is 11.1 Å². The van der Waals surface area contributed by atoms with E-state index < -0.39 is 29.2 Å². The number of carboxylic acids is 1. The Morgan fingerprint density at radius 3 is 1.70 bits per heavy atom. The summed E-state index contributed by atoms with van der Waals surface area (Å²) < 4.78 is 5.25. The minimum absolute atomic E-state index is 0.203. The molecule has 0 saturated carbocycles. The number of ether oxygens (including phenoxy) is 1. The third kappa shape index (κ3) is 5.98. The highest BCUT2D eigenvalue weighted by Gasteiger charge is 2.37. The quantitative estimate of drug-likeness (QED) is 0.242. The van der Waals surface area contributed by atoms with Crippen LogP contribution >= 0.6 is 11.3 Å². The van der Waals surface area contributed by atoms with Crippen molar-refractivity contribution in [1.29, 1.82) is 0 Å². The highest BCUT2D eigenvalue weighted by molar-refractivity contribution is 7.13. The Bertz CT molecular complexity index is 1240. The second-order valence-corrected chi connectivity index (χ2v) is 10.3. The van der Waals surface area contributed by atoms with Crippen molar-refractivity contribution < 1.29 is 19.4 Å². The summed E-state index contributed by atoms with van der Waals surface area (Å²) in [6.07, 6.45) is -0.824. The molecular formula is C29H29N3O4S. The van der Waals surface area contributed by atoms with Gasteiger partial charge in [0, 0.05) is 5.38 Å². The molecule has 0 aliphatic rings. The summed E-state index contributed by atoms with van der Waals surface area (Å²) >= 11 is 1.27. The van der Waals surface area contributed by atoms with E-state index in [1.807, 2.05) is 91.0 Å². The maximum atomic E-state index is 12.3. The van der Waals surface area contributed by atoms with Crippen LogP contribution in [0.5, 0.6) is 0 Å². The lowest BCUT2D eigenvalue weighted by Gasteiger charge is -2.36. The van der Waals surface area contributed by atoms with Crippen molar-refractivity contribution in [3.05, 3.63) is 119 Å². The summed E-state index contributed by atoms with van der Waals surface area (Å²) in [6, 6.07) is 28.7. The van der Waals surface area contributed by atoms with Gasteiger partial charge in [0.15, 0.2) is 11.2 Å². The van der Waals surface area contributed by atoms with Gasteiger partial charge in [-0.25, -0.2) is 14.6 Å². The first-order chi connectivity index (χ1) is 17.7. The van der Waals surface area contributed by atoms with Gasteiger partial charge in [-0.15, -0.1) is 11.3 Å². The molecule has 1 aromatic heterocycles. The SMILES string of the molecule is CC(C)(C)OC(=O)N[C@H](C(=O)O)c1csc(NC(c2ccccc2)(c2ccccc2)c2ccccc2)n1. The van der Waals surface area contributed by atoms with Crippen LogP contribution in [-0.4, -0.2) is 27.8 Å². The summed E-state index contributed by atoms with van der Waals surface area (Å²) in [5.74, 6) is -1.23. The van der Waals surface area contributed by atoms with Crippen molar-refractivity contribution in [3.8, 4) is 0 Å². The molecule has 4 rings (SSSR count). The second-order valence-electron chi connectivity index (χ2n) is 9.47. The maximum absolute atomic E-state index is 12.3. The first kappa shape index (κ1) is 25.9. The fraction of sp³-hybridized carbons (Fsp3) is 0.207. The summed E-state index contributed by atoms with van der Waals surface area (Å²) in [6.45, 7) is 5.14. The molecule has 1 atom stereocenters. The molecule has 0 aliphatic carbocycles. The number of amides is 1. The first-order valence-corrected chi connectivity index (χ1v) is 12.7. The van der Waals surface area contributed by atoms with E-state index >= 15 is 0 Å². The van der Waals surface area contributed by atoms with Crippen LogP contribution in [0.2, 0.25) is 0 Å². The summed E-state index contributed by atoms with van der Waals surface area (Å²) in [7, 11) is 0. The van der Waals surface area contributed by atoms with Crippen molar-refractivity contribution >= 4 is 28.5 Å². The van der Waals surface area contributed by atoms with Crippen LogP contribution < -0.4 is 10.6 Å². The number of rotatable bonds is 8. The fourth-order valence-corrected chi connectivity index (χ4v) is 4.90. The maximum Gasteiger partial charge on any atom is 0.408 e. The third-order valence-corrected chi connectivity index (χ3v) is 6.42. The smallest absolute Gasteiger partial charge is 0.408 e. The van der Waals surface area contributed by atoms with Gasteiger partial charge in [-0.05, 0) is 37.5 Å². The average Bonchev–Trinajstić information content (AvgIpc) is 3.34. The molecule has 190 valence electrons. The lowest BCUT2D eigenvalue weighted by molar-refractivity contribution is -0.139. The predicted molar refractivity (Wildman–Crippen MR) is 145 cm³/mol. The van der Waals surface area contributed by atoms with Crippen LogP contribution in [0.15, 0.2) is 96.4 Å². The molecule has 0 saturated heterocycles. The third-order valence-electron chi connectivity index (χ3n) is 5.64. The van der Waals surface area contributed by atoms with Crippen LogP contribution in [0.4, 0.5) is 9.93 Å². The minimum Gasteiger partial charge on any atom is -0.479 e. The number of nitrogens with zero attached hydrogens (tertiary/aromatic N) is 1. The summed E-state index contributed by atoms with van der Waals surface area (Å²) in [5, 5.41) is 18.0. The highest BCUT2D eigenvalue weighted by Crippen LogP contribution is 2.40. The standard InChI is InChI=1S/C29H29N3O4S/c1-28(2,3)36-27(35)31-24(25(33)34)23-19-37-26(30-23)32-29(20-13-7-4-8-14-20,21-15-9-5-10-16-21)22-17-11-6-12-18-22/h4-19,24H,1-3H3,(H,30,32)(H,31,35)(H,33,34)/t24-/m0/s1. The average molecular weight is 516 g/mol. The first-order valence-electron chi connectivity index (χ1n) is 11.8.